The van der Waals surface area contributed by atoms with E-state index in [1.807, 2.05) is 25.1 Å². The van der Waals surface area contributed by atoms with Crippen LogP contribution in [0.25, 0.3) is 0 Å². The number of ether oxygens (including phenoxy) is 2. The van der Waals surface area contributed by atoms with Crippen LogP contribution in [0.3, 0.4) is 0 Å². The highest BCUT2D eigenvalue weighted by Crippen LogP contribution is 2.46. The third kappa shape index (κ3) is 5.90. The van der Waals surface area contributed by atoms with Crippen LogP contribution in [0.1, 0.15) is 60.5 Å². The third-order valence-corrected chi connectivity index (χ3v) is 11.2. The van der Waals surface area contributed by atoms with Gasteiger partial charge in [-0.25, -0.2) is 26.5 Å². The van der Waals surface area contributed by atoms with Crippen molar-refractivity contribution in [3.05, 3.63) is 94.8 Å². The number of likely N-dealkylation sites (tertiary alicyclic amines) is 1. The van der Waals surface area contributed by atoms with E-state index in [1.165, 1.54) is 30.6 Å². The van der Waals surface area contributed by atoms with Crippen molar-refractivity contribution in [1.29, 1.82) is 0 Å². The van der Waals surface area contributed by atoms with Crippen molar-refractivity contribution in [2.24, 2.45) is 5.92 Å². The Balaban J connectivity index is 1.36. The van der Waals surface area contributed by atoms with E-state index in [9.17, 15) is 12.8 Å². The molecule has 44 heavy (non-hydrogen) atoms. The van der Waals surface area contributed by atoms with Gasteiger partial charge in [0.1, 0.15) is 34.4 Å². The van der Waals surface area contributed by atoms with Gasteiger partial charge in [0.05, 0.1) is 20.3 Å². The van der Waals surface area contributed by atoms with Crippen molar-refractivity contribution in [1.82, 2.24) is 14.3 Å². The van der Waals surface area contributed by atoms with Crippen molar-refractivity contribution in [3.63, 3.8) is 0 Å². The Kier molecular flexibility index (Phi) is 8.58. The SMILES string of the molecule is COc1ccc(CN(c2ncns2)S(=O)(=O)c2cc3c(cc2F)C(N2CCC(C)CC2c2ccc(F)cc2)CCO3)c(C)c1. The van der Waals surface area contributed by atoms with Gasteiger partial charge in [-0.05, 0) is 79.3 Å². The largest absolute Gasteiger partial charge is 0.497 e. The zero-order chi connectivity index (χ0) is 31.0. The van der Waals surface area contributed by atoms with Crippen LogP contribution in [-0.4, -0.2) is 42.9 Å². The van der Waals surface area contributed by atoms with Crippen molar-refractivity contribution >= 4 is 26.7 Å². The highest BCUT2D eigenvalue weighted by molar-refractivity contribution is 7.93. The fourth-order valence-corrected chi connectivity index (χ4v) is 8.43. The van der Waals surface area contributed by atoms with Crippen LogP contribution in [0.15, 0.2) is 65.8 Å². The van der Waals surface area contributed by atoms with Crippen LogP contribution in [-0.2, 0) is 16.6 Å². The first-order chi connectivity index (χ1) is 21.2. The molecule has 1 saturated heterocycles. The Morgan fingerprint density at radius 1 is 1.09 bits per heavy atom. The Morgan fingerprint density at radius 2 is 1.89 bits per heavy atom. The fraction of sp³-hybridized carbons (Fsp3) is 0.375. The number of halogens is 2. The van der Waals surface area contributed by atoms with E-state index in [0.29, 0.717) is 41.6 Å². The first-order valence-electron chi connectivity index (χ1n) is 14.6. The Hall–Kier alpha value is -3.61. The standard InChI is InChI=1S/C32H34F2N4O4S2/c1-20-10-12-37(29(14-20)22-4-7-24(33)8-5-22)28-11-13-42-30-17-31(27(34)16-26(28)30)44(39,40)38(32-35-19-36-43-32)18-23-6-9-25(41-3)15-21(23)2/h4-9,15-17,19-20,28-29H,10-14,18H2,1-3H3. The van der Waals surface area contributed by atoms with Crippen LogP contribution in [0.4, 0.5) is 13.9 Å². The maximum absolute atomic E-state index is 16.1. The molecule has 12 heteroatoms. The van der Waals surface area contributed by atoms with Crippen molar-refractivity contribution in [3.8, 4) is 11.5 Å². The van der Waals surface area contributed by atoms with Crippen LogP contribution in [0, 0.1) is 24.5 Å². The Morgan fingerprint density at radius 3 is 2.59 bits per heavy atom. The minimum absolute atomic E-state index is 0.0161. The predicted molar refractivity (Wildman–Crippen MR) is 165 cm³/mol. The van der Waals surface area contributed by atoms with E-state index < -0.39 is 20.7 Å². The normalized spacial score (nSPS) is 20.5. The molecule has 1 fully saturated rings. The van der Waals surface area contributed by atoms with Gasteiger partial charge in [-0.2, -0.15) is 4.37 Å². The molecular formula is C32H34F2N4O4S2. The van der Waals surface area contributed by atoms with E-state index in [0.717, 1.165) is 46.4 Å². The van der Waals surface area contributed by atoms with Gasteiger partial charge in [0.25, 0.3) is 10.0 Å². The number of aromatic nitrogens is 2. The van der Waals surface area contributed by atoms with Gasteiger partial charge in [0, 0.05) is 41.7 Å². The van der Waals surface area contributed by atoms with E-state index in [2.05, 4.69) is 21.2 Å². The molecule has 232 valence electrons. The highest BCUT2D eigenvalue weighted by atomic mass is 32.2. The zero-order valence-corrected chi connectivity index (χ0v) is 26.4. The number of aryl methyl sites for hydroxylation is 1. The molecular weight excluding hydrogens is 607 g/mol. The molecule has 8 nitrogen and oxygen atoms in total. The second-order valence-electron chi connectivity index (χ2n) is 11.4. The van der Waals surface area contributed by atoms with E-state index in [1.54, 1.807) is 19.2 Å². The number of fused-ring (bicyclic) bond motifs is 1. The number of rotatable bonds is 8. The molecule has 0 radical (unpaired) electrons. The second-order valence-corrected chi connectivity index (χ2v) is 14.0. The van der Waals surface area contributed by atoms with Crippen LogP contribution >= 0.6 is 11.5 Å². The quantitative estimate of drug-likeness (QED) is 0.209. The summed E-state index contributed by atoms with van der Waals surface area (Å²) in [6.45, 7) is 5.13. The topological polar surface area (TPSA) is 84.9 Å². The summed E-state index contributed by atoms with van der Waals surface area (Å²) in [6, 6.07) is 14.4. The lowest BCUT2D eigenvalue weighted by Gasteiger charge is -2.45. The number of anilines is 1. The van der Waals surface area contributed by atoms with Gasteiger partial charge in [-0.1, -0.05) is 25.1 Å². The second kappa shape index (κ2) is 12.4. The lowest BCUT2D eigenvalue weighted by atomic mass is 9.85. The zero-order valence-electron chi connectivity index (χ0n) is 24.7. The van der Waals surface area contributed by atoms with E-state index in [4.69, 9.17) is 9.47 Å². The van der Waals surface area contributed by atoms with Crippen LogP contribution < -0.4 is 13.8 Å². The minimum atomic E-state index is -4.42. The molecule has 3 heterocycles. The number of nitrogens with zero attached hydrogens (tertiary/aromatic N) is 4. The molecule has 0 spiro atoms. The fourth-order valence-electron chi connectivity index (χ4n) is 6.24. The molecule has 2 aliphatic heterocycles. The van der Waals surface area contributed by atoms with Gasteiger partial charge in [-0.15, -0.1) is 0 Å². The average molecular weight is 641 g/mol. The lowest BCUT2D eigenvalue weighted by molar-refractivity contribution is 0.0485. The molecule has 4 aromatic rings. The summed E-state index contributed by atoms with van der Waals surface area (Å²) in [5.41, 5.74) is 3.15. The number of hydrogen-bond acceptors (Lipinski definition) is 8. The summed E-state index contributed by atoms with van der Waals surface area (Å²) < 4.78 is 74.5. The number of methoxy groups -OCH3 is 1. The Labute approximate surface area is 260 Å². The molecule has 3 unspecified atom stereocenters. The summed E-state index contributed by atoms with van der Waals surface area (Å²) in [5.74, 6) is 0.319. The van der Waals surface area contributed by atoms with Gasteiger partial charge >= 0.3 is 0 Å². The summed E-state index contributed by atoms with van der Waals surface area (Å²) in [4.78, 5) is 6.00. The maximum Gasteiger partial charge on any atom is 0.269 e. The van der Waals surface area contributed by atoms with Crippen molar-refractivity contribution in [2.75, 3.05) is 24.6 Å². The molecule has 3 atom stereocenters. The molecule has 0 aliphatic carbocycles. The predicted octanol–water partition coefficient (Wildman–Crippen LogP) is 6.83. The first-order valence-corrected chi connectivity index (χ1v) is 16.8. The molecule has 0 bridgehead atoms. The number of sulfonamides is 1. The molecule has 2 aliphatic rings. The van der Waals surface area contributed by atoms with Gasteiger partial charge < -0.3 is 9.47 Å². The van der Waals surface area contributed by atoms with E-state index >= 15 is 4.39 Å². The molecule has 0 amide bonds. The minimum Gasteiger partial charge on any atom is -0.497 e. The average Bonchev–Trinajstić information content (AvgIpc) is 3.54. The molecule has 3 aromatic carbocycles. The summed E-state index contributed by atoms with van der Waals surface area (Å²) in [6.07, 6.45) is 3.76. The molecule has 0 N–H and O–H groups in total. The number of piperidine rings is 1. The third-order valence-electron chi connectivity index (χ3n) is 8.63. The van der Waals surface area contributed by atoms with Crippen LogP contribution in [0.5, 0.6) is 11.5 Å². The lowest BCUT2D eigenvalue weighted by Crippen LogP contribution is -2.41. The summed E-state index contributed by atoms with van der Waals surface area (Å²) in [7, 11) is -2.86. The smallest absolute Gasteiger partial charge is 0.269 e. The van der Waals surface area contributed by atoms with Gasteiger partial charge in [-0.3, -0.25) is 4.90 Å². The van der Waals surface area contributed by atoms with Gasteiger partial charge in [0.15, 0.2) is 0 Å². The van der Waals surface area contributed by atoms with E-state index in [-0.39, 0.29) is 29.6 Å². The molecule has 1 aromatic heterocycles. The number of hydrogen-bond donors (Lipinski definition) is 0. The van der Waals surface area contributed by atoms with Crippen molar-refractivity contribution < 1.29 is 26.7 Å². The highest BCUT2D eigenvalue weighted by Gasteiger charge is 2.38. The number of benzene rings is 3. The van der Waals surface area contributed by atoms with Crippen LogP contribution in [0.2, 0.25) is 0 Å². The first kappa shape index (κ1) is 30.4. The van der Waals surface area contributed by atoms with Crippen molar-refractivity contribution in [2.45, 2.75) is 56.6 Å². The Bertz CT molecular complexity index is 1740. The maximum atomic E-state index is 16.1. The summed E-state index contributed by atoms with van der Waals surface area (Å²) in [5, 5.41) is 0.126. The molecule has 0 saturated carbocycles. The molecule has 6 rings (SSSR count). The monoisotopic (exact) mass is 640 g/mol. The van der Waals surface area contributed by atoms with Gasteiger partial charge in [0.2, 0.25) is 5.13 Å². The summed E-state index contributed by atoms with van der Waals surface area (Å²) >= 11 is 0.915.